The fourth-order valence-corrected chi connectivity index (χ4v) is 3.92. The molecule has 0 spiro atoms. The lowest BCUT2D eigenvalue weighted by atomic mass is 9.98. The summed E-state index contributed by atoms with van der Waals surface area (Å²) in [6, 6.07) is 13.1. The lowest BCUT2D eigenvalue weighted by Gasteiger charge is -2.26. The van der Waals surface area contributed by atoms with Gasteiger partial charge in [0, 0.05) is 11.1 Å². The zero-order valence-electron chi connectivity index (χ0n) is 11.4. The Balaban J connectivity index is 2.19. The van der Waals surface area contributed by atoms with Crippen molar-refractivity contribution in [2.75, 3.05) is 0 Å². The van der Waals surface area contributed by atoms with Crippen molar-refractivity contribution in [1.82, 2.24) is 0 Å². The lowest BCUT2D eigenvalue weighted by molar-refractivity contribution is 0.390. The Kier molecular flexibility index (Phi) is 3.41. The molecule has 2 aromatic carbocycles. The number of aryl methyl sites for hydroxylation is 1. The molecule has 3 nitrogen and oxygen atoms in total. The van der Waals surface area contributed by atoms with E-state index in [0.29, 0.717) is 11.1 Å². The van der Waals surface area contributed by atoms with E-state index in [2.05, 4.69) is 6.92 Å². The van der Waals surface area contributed by atoms with Crippen molar-refractivity contribution in [2.24, 2.45) is 0 Å². The summed E-state index contributed by atoms with van der Waals surface area (Å²) in [5.74, 6) is 0.575. The summed E-state index contributed by atoms with van der Waals surface area (Å²) in [6.45, 7) is 2.13. The third kappa shape index (κ3) is 2.17. The van der Waals surface area contributed by atoms with Crippen LogP contribution in [-0.2, 0) is 11.0 Å². The highest BCUT2D eigenvalue weighted by atomic mass is 31.2. The maximum absolute atomic E-state index is 12.4. The Morgan fingerprint density at radius 2 is 1.85 bits per heavy atom. The van der Waals surface area contributed by atoms with E-state index >= 15 is 0 Å². The number of fused-ring (bicyclic) bond motifs is 3. The zero-order chi connectivity index (χ0) is 14.2. The Morgan fingerprint density at radius 3 is 2.65 bits per heavy atom. The second kappa shape index (κ2) is 5.08. The van der Waals surface area contributed by atoms with Gasteiger partial charge in [-0.25, -0.2) is 4.57 Å². The maximum Gasteiger partial charge on any atom is 0.408 e. The van der Waals surface area contributed by atoms with Crippen LogP contribution in [0.3, 0.4) is 0 Å². The van der Waals surface area contributed by atoms with Crippen molar-refractivity contribution in [1.29, 1.82) is 0 Å². The van der Waals surface area contributed by atoms with E-state index in [1.165, 1.54) is 0 Å². The second-order valence-electron chi connectivity index (χ2n) is 5.03. The molecule has 0 bridgehead atoms. The minimum absolute atomic E-state index is 0.389. The van der Waals surface area contributed by atoms with Crippen molar-refractivity contribution in [3.63, 3.8) is 0 Å². The number of hydrogen-bond acceptors (Lipinski definition) is 2. The lowest BCUT2D eigenvalue weighted by Crippen LogP contribution is -2.17. The molecule has 1 heterocycles. The van der Waals surface area contributed by atoms with Gasteiger partial charge in [0.05, 0.1) is 5.30 Å². The monoisotopic (exact) mass is 288 g/mol. The van der Waals surface area contributed by atoms with Gasteiger partial charge in [-0.05, 0) is 24.5 Å². The fraction of sp³-hybridized carbons (Fsp3) is 0.250. The second-order valence-corrected chi connectivity index (χ2v) is 6.73. The van der Waals surface area contributed by atoms with Crippen molar-refractivity contribution < 1.29 is 14.0 Å². The summed E-state index contributed by atoms with van der Waals surface area (Å²) in [5, 5.41) is 0.389. The number of para-hydroxylation sites is 1. The fourth-order valence-electron chi connectivity index (χ4n) is 2.59. The van der Waals surface area contributed by atoms with E-state index in [1.807, 2.05) is 30.3 Å². The Morgan fingerprint density at radius 1 is 1.10 bits per heavy atom. The predicted molar refractivity (Wildman–Crippen MR) is 80.6 cm³/mol. The average Bonchev–Trinajstić information content (AvgIpc) is 2.45. The van der Waals surface area contributed by atoms with Gasteiger partial charge in [-0.3, -0.25) is 0 Å². The summed E-state index contributed by atoms with van der Waals surface area (Å²) >= 11 is 0. The highest BCUT2D eigenvalue weighted by Crippen LogP contribution is 2.52. The molecular weight excluding hydrogens is 271 g/mol. The molecule has 4 heteroatoms. The minimum Gasteiger partial charge on any atom is -0.420 e. The molecule has 0 aliphatic carbocycles. The van der Waals surface area contributed by atoms with Crippen LogP contribution in [0.25, 0.3) is 11.1 Å². The van der Waals surface area contributed by atoms with Gasteiger partial charge in [-0.2, -0.15) is 0 Å². The van der Waals surface area contributed by atoms with E-state index in [1.54, 1.807) is 12.1 Å². The smallest absolute Gasteiger partial charge is 0.408 e. The van der Waals surface area contributed by atoms with Crippen LogP contribution in [0.4, 0.5) is 0 Å². The van der Waals surface area contributed by atoms with E-state index in [-0.39, 0.29) is 0 Å². The van der Waals surface area contributed by atoms with Crippen LogP contribution in [0, 0.1) is 0 Å². The molecule has 1 N–H and O–H groups in total. The van der Waals surface area contributed by atoms with Crippen LogP contribution in [0.5, 0.6) is 5.75 Å². The average molecular weight is 288 g/mol. The van der Waals surface area contributed by atoms with Crippen LogP contribution < -0.4 is 9.83 Å². The van der Waals surface area contributed by atoms with Gasteiger partial charge >= 0.3 is 7.60 Å². The topological polar surface area (TPSA) is 46.5 Å². The first kappa shape index (κ1) is 13.4. The van der Waals surface area contributed by atoms with Crippen molar-refractivity contribution in [2.45, 2.75) is 26.2 Å². The van der Waals surface area contributed by atoms with Crippen LogP contribution >= 0.6 is 7.60 Å². The Bertz CT molecular complexity index is 694. The normalized spacial score (nSPS) is 19.9. The molecule has 1 aliphatic heterocycles. The first-order valence-electron chi connectivity index (χ1n) is 6.87. The van der Waals surface area contributed by atoms with Gasteiger partial charge in [-0.15, -0.1) is 0 Å². The molecule has 0 saturated carbocycles. The van der Waals surface area contributed by atoms with E-state index in [9.17, 15) is 9.46 Å². The highest BCUT2D eigenvalue weighted by molar-refractivity contribution is 7.62. The van der Waals surface area contributed by atoms with Crippen molar-refractivity contribution in [3.05, 3.63) is 48.0 Å². The molecular formula is C16H17O3P. The molecule has 1 unspecified atom stereocenters. The molecule has 0 saturated heterocycles. The SMILES string of the molecule is CCCCc1cccc2c1OP(=O)(O)c1ccccc1-2. The van der Waals surface area contributed by atoms with Crippen LogP contribution in [0.15, 0.2) is 42.5 Å². The van der Waals surface area contributed by atoms with Crippen LogP contribution in [-0.4, -0.2) is 4.89 Å². The summed E-state index contributed by atoms with van der Waals surface area (Å²) < 4.78 is 17.9. The van der Waals surface area contributed by atoms with Crippen LogP contribution in [0.2, 0.25) is 0 Å². The molecule has 0 amide bonds. The Labute approximate surface area is 118 Å². The van der Waals surface area contributed by atoms with Gasteiger partial charge in [-0.1, -0.05) is 49.7 Å². The van der Waals surface area contributed by atoms with Crippen LogP contribution in [0.1, 0.15) is 25.3 Å². The standard InChI is InChI=1S/C16H17O3P/c1-2-3-7-12-8-6-10-14-13-9-4-5-11-15(13)20(17,18)19-16(12)14/h4-6,8-11H,2-3,7H2,1H3,(H,17,18). The van der Waals surface area contributed by atoms with E-state index in [0.717, 1.165) is 36.0 Å². The maximum atomic E-state index is 12.4. The zero-order valence-corrected chi connectivity index (χ0v) is 12.3. The summed E-state index contributed by atoms with van der Waals surface area (Å²) in [6.07, 6.45) is 2.98. The third-order valence-corrected chi connectivity index (χ3v) is 5.04. The van der Waals surface area contributed by atoms with E-state index < -0.39 is 7.60 Å². The molecule has 2 aromatic rings. The van der Waals surface area contributed by atoms with E-state index in [4.69, 9.17) is 4.52 Å². The van der Waals surface area contributed by atoms with Gasteiger partial charge < -0.3 is 9.42 Å². The first-order valence-corrected chi connectivity index (χ1v) is 8.45. The quantitative estimate of drug-likeness (QED) is 0.871. The molecule has 1 aliphatic rings. The van der Waals surface area contributed by atoms with Crippen molar-refractivity contribution >= 4 is 12.9 Å². The molecule has 1 atom stereocenters. The molecule has 0 aromatic heterocycles. The molecule has 3 rings (SSSR count). The predicted octanol–water partition coefficient (Wildman–Crippen LogP) is 3.90. The summed E-state index contributed by atoms with van der Waals surface area (Å²) in [7, 11) is -3.77. The molecule has 104 valence electrons. The van der Waals surface area contributed by atoms with Gasteiger partial charge in [0.25, 0.3) is 0 Å². The molecule has 0 fully saturated rings. The van der Waals surface area contributed by atoms with Gasteiger partial charge in [0.15, 0.2) is 0 Å². The van der Waals surface area contributed by atoms with Gasteiger partial charge in [0.2, 0.25) is 0 Å². The summed E-state index contributed by atoms with van der Waals surface area (Å²) in [5.41, 5.74) is 2.72. The number of rotatable bonds is 3. The number of benzene rings is 2. The summed E-state index contributed by atoms with van der Waals surface area (Å²) in [4.78, 5) is 10.2. The molecule has 0 radical (unpaired) electrons. The van der Waals surface area contributed by atoms with Crippen molar-refractivity contribution in [3.8, 4) is 16.9 Å². The highest BCUT2D eigenvalue weighted by Gasteiger charge is 2.35. The minimum atomic E-state index is -3.77. The third-order valence-electron chi connectivity index (χ3n) is 3.61. The number of hydrogen-bond donors (Lipinski definition) is 1. The number of unbranched alkanes of at least 4 members (excludes halogenated alkanes) is 1. The first-order chi connectivity index (χ1) is 9.63. The molecule has 20 heavy (non-hydrogen) atoms. The Hall–Kier alpha value is -1.57. The largest absolute Gasteiger partial charge is 0.420 e. The van der Waals surface area contributed by atoms with Gasteiger partial charge in [0.1, 0.15) is 5.75 Å².